The molecule has 3 rings (SSSR count). The first kappa shape index (κ1) is 14.0. The Morgan fingerprint density at radius 3 is 3.05 bits per heavy atom. The molecule has 0 fully saturated rings. The molecule has 0 spiro atoms. The van der Waals surface area contributed by atoms with E-state index in [1.165, 1.54) is 17.4 Å². The van der Waals surface area contributed by atoms with E-state index in [2.05, 4.69) is 9.97 Å². The Morgan fingerprint density at radius 1 is 1.48 bits per heavy atom. The maximum atomic E-state index is 13.8. The van der Waals surface area contributed by atoms with Crippen LogP contribution in [0.15, 0.2) is 34.2 Å². The number of carboxylic acid groups (broad SMARTS) is 1. The third kappa shape index (κ3) is 2.91. The van der Waals surface area contributed by atoms with Gasteiger partial charge in [-0.1, -0.05) is 17.8 Å². The van der Waals surface area contributed by atoms with Gasteiger partial charge in [0.15, 0.2) is 11.0 Å². The first-order valence-corrected chi connectivity index (χ1v) is 7.94. The van der Waals surface area contributed by atoms with Gasteiger partial charge < -0.3 is 9.67 Å². The smallest absolute Gasteiger partial charge is 0.313 e. The van der Waals surface area contributed by atoms with Gasteiger partial charge in [0.05, 0.1) is 29.0 Å². The number of carboxylic acids is 1. The zero-order valence-corrected chi connectivity index (χ0v) is 12.3. The molecule has 0 aliphatic rings. The van der Waals surface area contributed by atoms with Crippen LogP contribution in [0.4, 0.5) is 4.39 Å². The number of hydrogen-bond acceptors (Lipinski definition) is 5. The van der Waals surface area contributed by atoms with Crippen molar-refractivity contribution >= 4 is 40.1 Å². The van der Waals surface area contributed by atoms with Gasteiger partial charge in [0.25, 0.3) is 0 Å². The summed E-state index contributed by atoms with van der Waals surface area (Å²) in [6.45, 7) is 0.436. The summed E-state index contributed by atoms with van der Waals surface area (Å²) in [6.07, 6.45) is 0. The topological polar surface area (TPSA) is 68.0 Å². The lowest BCUT2D eigenvalue weighted by Crippen LogP contribution is -2.04. The molecule has 0 aliphatic carbocycles. The van der Waals surface area contributed by atoms with Crippen molar-refractivity contribution in [1.82, 2.24) is 14.5 Å². The SMILES string of the molecule is O=C(O)CSc1nc2c(F)cccc2n1Cc1cscn1. The lowest BCUT2D eigenvalue weighted by molar-refractivity contribution is -0.133. The number of rotatable bonds is 5. The second-order valence-electron chi connectivity index (χ2n) is 4.25. The first-order chi connectivity index (χ1) is 10.1. The number of thiazole rings is 1. The zero-order chi connectivity index (χ0) is 14.8. The van der Waals surface area contributed by atoms with Gasteiger partial charge in [-0.3, -0.25) is 4.79 Å². The van der Waals surface area contributed by atoms with Crippen LogP contribution in [0, 0.1) is 5.82 Å². The largest absolute Gasteiger partial charge is 0.481 e. The van der Waals surface area contributed by atoms with Crippen LogP contribution < -0.4 is 0 Å². The van der Waals surface area contributed by atoms with Crippen LogP contribution in [-0.4, -0.2) is 31.4 Å². The fourth-order valence-corrected chi connectivity index (χ4v) is 3.24. The molecule has 0 saturated carbocycles. The van der Waals surface area contributed by atoms with Crippen molar-refractivity contribution in [3.8, 4) is 0 Å². The molecule has 8 heteroatoms. The Labute approximate surface area is 127 Å². The van der Waals surface area contributed by atoms with Gasteiger partial charge in [-0.2, -0.15) is 0 Å². The number of aliphatic carboxylic acids is 1. The molecule has 1 N–H and O–H groups in total. The van der Waals surface area contributed by atoms with Gasteiger partial charge in [-0.05, 0) is 12.1 Å². The Hall–Kier alpha value is -1.93. The molecule has 0 atom stereocenters. The Morgan fingerprint density at radius 2 is 2.33 bits per heavy atom. The monoisotopic (exact) mass is 323 g/mol. The first-order valence-electron chi connectivity index (χ1n) is 6.01. The molecule has 3 aromatic rings. The van der Waals surface area contributed by atoms with Crippen molar-refractivity contribution in [1.29, 1.82) is 0 Å². The summed E-state index contributed by atoms with van der Waals surface area (Å²) >= 11 is 2.55. The fourth-order valence-electron chi connectivity index (χ4n) is 1.96. The highest BCUT2D eigenvalue weighted by Gasteiger charge is 2.16. The summed E-state index contributed by atoms with van der Waals surface area (Å²) in [5, 5.41) is 11.2. The molecule has 2 heterocycles. The number of hydrogen-bond donors (Lipinski definition) is 1. The average Bonchev–Trinajstić information content (AvgIpc) is 3.07. The van der Waals surface area contributed by atoms with Crippen molar-refractivity contribution in [2.24, 2.45) is 0 Å². The molecule has 0 aliphatic heterocycles. The molecule has 0 radical (unpaired) electrons. The van der Waals surface area contributed by atoms with Crippen LogP contribution >= 0.6 is 23.1 Å². The minimum atomic E-state index is -0.937. The molecular weight excluding hydrogens is 313 g/mol. The Balaban J connectivity index is 2.06. The molecule has 0 amide bonds. The van der Waals surface area contributed by atoms with Gasteiger partial charge in [-0.15, -0.1) is 11.3 Å². The maximum absolute atomic E-state index is 13.8. The quantitative estimate of drug-likeness (QED) is 0.731. The van der Waals surface area contributed by atoms with Crippen molar-refractivity contribution in [3.05, 3.63) is 40.6 Å². The minimum Gasteiger partial charge on any atom is -0.481 e. The molecule has 0 bridgehead atoms. The number of benzene rings is 1. The van der Waals surface area contributed by atoms with Crippen molar-refractivity contribution in [2.75, 3.05) is 5.75 Å². The van der Waals surface area contributed by atoms with Crippen LogP contribution in [-0.2, 0) is 11.3 Å². The second kappa shape index (κ2) is 5.82. The highest BCUT2D eigenvalue weighted by Crippen LogP contribution is 2.26. The predicted molar refractivity (Wildman–Crippen MR) is 79.3 cm³/mol. The fraction of sp³-hybridized carbons (Fsp3) is 0.154. The normalized spacial score (nSPS) is 11.1. The summed E-state index contributed by atoms with van der Waals surface area (Å²) in [4.78, 5) is 19.2. The van der Waals surface area contributed by atoms with E-state index < -0.39 is 11.8 Å². The summed E-state index contributed by atoms with van der Waals surface area (Å²) in [7, 11) is 0. The van der Waals surface area contributed by atoms with E-state index in [-0.39, 0.29) is 11.3 Å². The van der Waals surface area contributed by atoms with Gasteiger partial charge in [0.2, 0.25) is 0 Å². The third-order valence-electron chi connectivity index (χ3n) is 2.82. The Kier molecular flexibility index (Phi) is 3.89. The van der Waals surface area contributed by atoms with E-state index in [1.54, 1.807) is 22.2 Å². The van der Waals surface area contributed by atoms with Crippen LogP contribution in [0.2, 0.25) is 0 Å². The van der Waals surface area contributed by atoms with E-state index >= 15 is 0 Å². The van der Waals surface area contributed by atoms with Crippen LogP contribution in [0.3, 0.4) is 0 Å². The van der Waals surface area contributed by atoms with E-state index in [0.29, 0.717) is 17.2 Å². The van der Waals surface area contributed by atoms with Crippen LogP contribution in [0.25, 0.3) is 11.0 Å². The number of fused-ring (bicyclic) bond motifs is 1. The highest BCUT2D eigenvalue weighted by atomic mass is 32.2. The van der Waals surface area contributed by atoms with E-state index in [4.69, 9.17) is 5.11 Å². The third-order valence-corrected chi connectivity index (χ3v) is 4.42. The van der Waals surface area contributed by atoms with E-state index in [1.807, 2.05) is 5.38 Å². The maximum Gasteiger partial charge on any atom is 0.313 e. The number of carbonyl (C=O) groups is 1. The number of para-hydroxylation sites is 1. The van der Waals surface area contributed by atoms with Gasteiger partial charge >= 0.3 is 5.97 Å². The summed E-state index contributed by atoms with van der Waals surface area (Å²) < 4.78 is 15.6. The lowest BCUT2D eigenvalue weighted by atomic mass is 10.3. The number of thioether (sulfide) groups is 1. The highest BCUT2D eigenvalue weighted by molar-refractivity contribution is 7.99. The van der Waals surface area contributed by atoms with Gasteiger partial charge in [-0.25, -0.2) is 14.4 Å². The van der Waals surface area contributed by atoms with Crippen molar-refractivity contribution < 1.29 is 14.3 Å². The molecular formula is C13H10FN3O2S2. The van der Waals surface area contributed by atoms with Gasteiger partial charge in [0, 0.05) is 5.38 Å². The molecule has 2 aromatic heterocycles. The summed E-state index contributed by atoms with van der Waals surface area (Å²) in [5.41, 5.74) is 3.44. The summed E-state index contributed by atoms with van der Waals surface area (Å²) in [5.74, 6) is -1.48. The number of aromatic nitrogens is 3. The van der Waals surface area contributed by atoms with Crippen LogP contribution in [0.5, 0.6) is 0 Å². The standard InChI is InChI=1S/C13H10FN3O2S2/c14-9-2-1-3-10-12(9)16-13(21-6-11(18)19)17(10)4-8-5-20-7-15-8/h1-3,5,7H,4,6H2,(H,18,19). The molecule has 1 aromatic carbocycles. The Bertz CT molecular complexity index is 786. The molecule has 5 nitrogen and oxygen atoms in total. The molecule has 21 heavy (non-hydrogen) atoms. The number of imidazole rings is 1. The molecule has 0 saturated heterocycles. The van der Waals surface area contributed by atoms with Crippen molar-refractivity contribution in [3.63, 3.8) is 0 Å². The second-order valence-corrected chi connectivity index (χ2v) is 5.91. The van der Waals surface area contributed by atoms with Crippen LogP contribution in [0.1, 0.15) is 5.69 Å². The average molecular weight is 323 g/mol. The molecule has 108 valence electrons. The number of nitrogens with zero attached hydrogens (tertiary/aromatic N) is 3. The minimum absolute atomic E-state index is 0.123. The van der Waals surface area contributed by atoms with E-state index in [0.717, 1.165) is 17.5 Å². The lowest BCUT2D eigenvalue weighted by Gasteiger charge is -2.06. The number of halogens is 1. The zero-order valence-electron chi connectivity index (χ0n) is 10.7. The van der Waals surface area contributed by atoms with Crippen molar-refractivity contribution in [2.45, 2.75) is 11.7 Å². The summed E-state index contributed by atoms with van der Waals surface area (Å²) in [6, 6.07) is 4.72. The predicted octanol–water partition coefficient (Wildman–Crippen LogP) is 2.86. The van der Waals surface area contributed by atoms with Gasteiger partial charge in [0.1, 0.15) is 5.52 Å². The van der Waals surface area contributed by atoms with E-state index in [9.17, 15) is 9.18 Å². The molecule has 0 unspecified atom stereocenters.